The van der Waals surface area contributed by atoms with Gasteiger partial charge >= 0.3 is 0 Å². The molecule has 2 aromatic carbocycles. The molecule has 4 unspecified atom stereocenters. The highest BCUT2D eigenvalue weighted by molar-refractivity contribution is 6.32. The largest absolute Gasteiger partial charge is 0.495 e. The van der Waals surface area contributed by atoms with Crippen LogP contribution in [0.25, 0.3) is 0 Å². The van der Waals surface area contributed by atoms with Crippen molar-refractivity contribution in [1.29, 1.82) is 0 Å². The number of methoxy groups -OCH3 is 1. The van der Waals surface area contributed by atoms with Crippen molar-refractivity contribution in [3.8, 4) is 5.75 Å². The number of halogens is 1. The summed E-state index contributed by atoms with van der Waals surface area (Å²) in [6.45, 7) is 31.9. The molecular weight excluding hydrogens is 610 g/mol. The van der Waals surface area contributed by atoms with Crippen molar-refractivity contribution in [2.75, 3.05) is 20.7 Å². The molecule has 0 spiro atoms. The standard InChI is InChI=1S/C42H61ClN2O.CH5N/c1-29(2)23-39(30(3)4)25-33(7)34(8)28-44-36(10)41(27-38-21-22-42(46-11)40(43)26-38)45-35(9)18-16-15-17-31(5)32(6)24-37-19-13-12-14-20-37;1-2/h12-14,16,18-22,26,29,31-32,34,39,41,44-45H,3,7,9-10,15,17,23-25,27-28H2,1-2,4-6,8,11H3;2H2,1H3/b18-16+;/t31?,32?,34?,39?,41-;/m1./s1. The van der Waals surface area contributed by atoms with E-state index >= 15 is 0 Å². The van der Waals surface area contributed by atoms with Crippen molar-refractivity contribution in [3.63, 3.8) is 0 Å². The second-order valence-corrected chi connectivity index (χ2v) is 14.3. The van der Waals surface area contributed by atoms with Gasteiger partial charge in [-0.25, -0.2) is 0 Å². The summed E-state index contributed by atoms with van der Waals surface area (Å²) in [4.78, 5) is 0. The van der Waals surface area contributed by atoms with Crippen LogP contribution in [0, 0.1) is 29.6 Å². The first-order valence-corrected chi connectivity index (χ1v) is 18.0. The topological polar surface area (TPSA) is 59.3 Å². The monoisotopic (exact) mass is 675 g/mol. The van der Waals surface area contributed by atoms with Crippen molar-refractivity contribution >= 4 is 11.6 Å². The molecule has 2 rings (SSSR count). The second kappa shape index (κ2) is 23.2. The predicted octanol–water partition coefficient (Wildman–Crippen LogP) is 10.7. The van der Waals surface area contributed by atoms with Crippen LogP contribution in [0.4, 0.5) is 0 Å². The van der Waals surface area contributed by atoms with Crippen LogP contribution in [-0.2, 0) is 12.8 Å². The minimum atomic E-state index is -0.0731. The molecule has 5 atom stereocenters. The Hall–Kier alpha value is -3.21. The third-order valence-corrected chi connectivity index (χ3v) is 9.50. The number of hydrogen-bond donors (Lipinski definition) is 3. The van der Waals surface area contributed by atoms with Gasteiger partial charge in [0.05, 0.1) is 18.2 Å². The predicted molar refractivity (Wildman–Crippen MR) is 213 cm³/mol. The minimum absolute atomic E-state index is 0.0731. The molecular formula is C43H66ClN3O. The fraction of sp³-hybridized carbons (Fsp3) is 0.488. The van der Waals surface area contributed by atoms with E-state index in [9.17, 15) is 0 Å². The molecule has 4 N–H and O–H groups in total. The SMILES string of the molecule is C=C(/C=C/CCC(C)C(C)Cc1ccccc1)N[C@H](Cc1ccc(OC)c(Cl)c1)C(=C)NCC(C)C(=C)CC(CC(C)C)C(=C)C.CN. The smallest absolute Gasteiger partial charge is 0.137 e. The summed E-state index contributed by atoms with van der Waals surface area (Å²) in [5.41, 5.74) is 11.3. The van der Waals surface area contributed by atoms with Crippen LogP contribution in [-0.4, -0.2) is 26.7 Å². The first kappa shape index (κ1) is 42.8. The van der Waals surface area contributed by atoms with Crippen LogP contribution >= 0.6 is 11.6 Å². The van der Waals surface area contributed by atoms with Gasteiger partial charge < -0.3 is 21.1 Å². The van der Waals surface area contributed by atoms with E-state index in [2.05, 4.69) is 133 Å². The van der Waals surface area contributed by atoms with Gasteiger partial charge in [0.25, 0.3) is 0 Å². The van der Waals surface area contributed by atoms with E-state index in [1.54, 1.807) is 7.11 Å². The van der Waals surface area contributed by atoms with Crippen molar-refractivity contribution in [1.82, 2.24) is 10.6 Å². The minimum Gasteiger partial charge on any atom is -0.495 e. The molecule has 0 aromatic heterocycles. The lowest BCUT2D eigenvalue weighted by Gasteiger charge is -2.27. The number of benzene rings is 2. The Morgan fingerprint density at radius 1 is 0.917 bits per heavy atom. The number of nitrogens with two attached hydrogens (primary N) is 1. The maximum absolute atomic E-state index is 6.48. The van der Waals surface area contributed by atoms with Crippen molar-refractivity contribution < 1.29 is 4.74 Å². The molecule has 2 aromatic rings. The van der Waals surface area contributed by atoms with E-state index < -0.39 is 0 Å². The van der Waals surface area contributed by atoms with Crippen LogP contribution in [0.3, 0.4) is 0 Å². The van der Waals surface area contributed by atoms with Gasteiger partial charge in [-0.1, -0.05) is 126 Å². The van der Waals surface area contributed by atoms with Gasteiger partial charge in [-0.2, -0.15) is 0 Å². The fourth-order valence-electron chi connectivity index (χ4n) is 5.76. The highest BCUT2D eigenvalue weighted by atomic mass is 35.5. The van der Waals surface area contributed by atoms with E-state index in [4.69, 9.17) is 16.3 Å². The van der Waals surface area contributed by atoms with Gasteiger partial charge in [-0.3, -0.25) is 0 Å². The van der Waals surface area contributed by atoms with Gasteiger partial charge in [-0.05, 0) is 111 Å². The molecule has 0 aliphatic carbocycles. The zero-order chi connectivity index (χ0) is 36.2. The highest BCUT2D eigenvalue weighted by Crippen LogP contribution is 2.29. The third kappa shape index (κ3) is 16.3. The summed E-state index contributed by atoms with van der Waals surface area (Å²) < 4.78 is 5.37. The summed E-state index contributed by atoms with van der Waals surface area (Å²) in [5.74, 6) is 3.34. The van der Waals surface area contributed by atoms with Crippen molar-refractivity contribution in [2.45, 2.75) is 86.1 Å². The summed E-state index contributed by atoms with van der Waals surface area (Å²) in [7, 11) is 3.13. The Morgan fingerprint density at radius 2 is 1.58 bits per heavy atom. The molecule has 0 heterocycles. The molecule has 5 heteroatoms. The van der Waals surface area contributed by atoms with Crippen LogP contribution in [0.1, 0.15) is 78.4 Å². The summed E-state index contributed by atoms with van der Waals surface area (Å²) >= 11 is 6.48. The number of allylic oxidation sites excluding steroid dienone is 3. The fourth-order valence-corrected chi connectivity index (χ4v) is 6.04. The molecule has 0 bridgehead atoms. The summed E-state index contributed by atoms with van der Waals surface area (Å²) in [5, 5.41) is 7.85. The first-order valence-electron chi connectivity index (χ1n) is 17.6. The van der Waals surface area contributed by atoms with E-state index in [0.717, 1.165) is 55.6 Å². The van der Waals surface area contributed by atoms with E-state index in [1.165, 1.54) is 23.8 Å². The Labute approximate surface area is 299 Å². The van der Waals surface area contributed by atoms with Gasteiger partial charge in [-0.15, -0.1) is 0 Å². The van der Waals surface area contributed by atoms with E-state index in [0.29, 0.717) is 46.8 Å². The van der Waals surface area contributed by atoms with E-state index in [-0.39, 0.29) is 6.04 Å². The lowest BCUT2D eigenvalue weighted by molar-refractivity contribution is 0.365. The normalized spacial score (nSPS) is 14.2. The van der Waals surface area contributed by atoms with E-state index in [1.807, 2.05) is 12.1 Å². The van der Waals surface area contributed by atoms with Crippen LogP contribution < -0.4 is 21.1 Å². The Balaban J connectivity index is 0.00000565. The molecule has 266 valence electrons. The lowest BCUT2D eigenvalue weighted by atomic mass is 9.83. The molecule has 0 saturated carbocycles. The van der Waals surface area contributed by atoms with Crippen molar-refractivity contribution in [3.05, 3.63) is 126 Å². The molecule has 0 fully saturated rings. The van der Waals surface area contributed by atoms with Gasteiger partial charge in [0, 0.05) is 17.9 Å². The number of rotatable bonds is 22. The Bertz CT molecular complexity index is 1300. The average Bonchev–Trinajstić information content (AvgIpc) is 3.05. The maximum atomic E-state index is 6.48. The average molecular weight is 676 g/mol. The molecule has 0 amide bonds. The molecule has 0 aliphatic heterocycles. The Morgan fingerprint density at radius 3 is 2.17 bits per heavy atom. The number of ether oxygens (including phenoxy) is 1. The molecule has 0 saturated heterocycles. The second-order valence-electron chi connectivity index (χ2n) is 13.9. The van der Waals surface area contributed by atoms with Crippen molar-refractivity contribution in [2.24, 2.45) is 35.3 Å². The van der Waals surface area contributed by atoms with Crippen LogP contribution in [0.2, 0.25) is 5.02 Å². The Kier molecular flexibility index (Phi) is 20.7. The number of nitrogens with one attached hydrogen (secondary N) is 2. The number of hydrogen-bond acceptors (Lipinski definition) is 4. The maximum Gasteiger partial charge on any atom is 0.137 e. The first-order chi connectivity index (χ1) is 22.8. The van der Waals surface area contributed by atoms with Gasteiger partial charge in [0.15, 0.2) is 0 Å². The zero-order valence-corrected chi connectivity index (χ0v) is 32.1. The summed E-state index contributed by atoms with van der Waals surface area (Å²) in [6.07, 6.45) is 10.4. The molecule has 48 heavy (non-hydrogen) atoms. The van der Waals surface area contributed by atoms with Crippen LogP contribution in [0.15, 0.2) is 110 Å². The zero-order valence-electron chi connectivity index (χ0n) is 31.4. The summed E-state index contributed by atoms with van der Waals surface area (Å²) in [6, 6.07) is 16.6. The third-order valence-electron chi connectivity index (χ3n) is 9.21. The molecule has 0 radical (unpaired) electrons. The molecule has 4 nitrogen and oxygen atoms in total. The van der Waals surface area contributed by atoms with Gasteiger partial charge in [0.2, 0.25) is 0 Å². The molecule has 0 aliphatic rings. The van der Waals surface area contributed by atoms with Gasteiger partial charge in [0.1, 0.15) is 5.75 Å². The quantitative estimate of drug-likeness (QED) is 0.0858. The lowest BCUT2D eigenvalue weighted by Crippen LogP contribution is -2.38. The van der Waals surface area contributed by atoms with Crippen LogP contribution in [0.5, 0.6) is 5.75 Å². The highest BCUT2D eigenvalue weighted by Gasteiger charge is 2.19.